The van der Waals surface area contributed by atoms with Crippen molar-refractivity contribution in [1.29, 1.82) is 0 Å². The molecule has 0 aromatic heterocycles. The van der Waals surface area contributed by atoms with Crippen LogP contribution in [0.5, 0.6) is 5.75 Å². The number of carbonyl (C=O) groups excluding carboxylic acids is 1. The van der Waals surface area contributed by atoms with Crippen molar-refractivity contribution in [2.45, 2.75) is 44.9 Å². The van der Waals surface area contributed by atoms with E-state index < -0.39 is 30.6 Å². The Labute approximate surface area is 237 Å². The molecule has 0 spiro atoms. The standard InChI is InChI=1S/C33H37N2O4P/c1-25(34-31(36)39-32(2,3)4)33(26-15-9-6-10-16-26,27-21-23-28(38-5)24-22-27)35-40(37,29-17-11-7-12-18-29)30-19-13-8-14-20-30/h6-25H,1-5H3,(H,34,36)(H,35,37)/t25-,33-/m0/s1. The van der Waals surface area contributed by atoms with Crippen LogP contribution in [0.2, 0.25) is 0 Å². The van der Waals surface area contributed by atoms with Crippen LogP contribution < -0.4 is 25.8 Å². The van der Waals surface area contributed by atoms with Gasteiger partial charge in [0.2, 0.25) is 7.29 Å². The second-order valence-electron chi connectivity index (χ2n) is 10.7. The normalized spacial score (nSPS) is 14.0. The molecule has 2 atom stereocenters. The van der Waals surface area contributed by atoms with Crippen molar-refractivity contribution in [2.24, 2.45) is 0 Å². The van der Waals surface area contributed by atoms with Gasteiger partial charge in [-0.15, -0.1) is 0 Å². The van der Waals surface area contributed by atoms with Gasteiger partial charge < -0.3 is 14.8 Å². The molecular weight excluding hydrogens is 519 g/mol. The third-order valence-corrected chi connectivity index (χ3v) is 9.45. The van der Waals surface area contributed by atoms with Crippen LogP contribution in [-0.4, -0.2) is 24.8 Å². The monoisotopic (exact) mass is 556 g/mol. The first kappa shape index (κ1) is 29.1. The summed E-state index contributed by atoms with van der Waals surface area (Å²) in [5, 5.41) is 8.02. The molecule has 7 heteroatoms. The Balaban J connectivity index is 1.99. The lowest BCUT2D eigenvalue weighted by Crippen LogP contribution is -2.58. The molecule has 0 aliphatic carbocycles. The molecular formula is C33H37N2O4P. The molecule has 208 valence electrons. The summed E-state index contributed by atoms with van der Waals surface area (Å²) in [6.07, 6.45) is -0.565. The van der Waals surface area contributed by atoms with Crippen molar-refractivity contribution < 1.29 is 18.8 Å². The van der Waals surface area contributed by atoms with Gasteiger partial charge in [-0.05, 0) is 75.2 Å². The number of benzene rings is 4. The van der Waals surface area contributed by atoms with E-state index in [4.69, 9.17) is 9.47 Å². The molecule has 0 aliphatic rings. The number of amides is 1. The molecule has 0 heterocycles. The van der Waals surface area contributed by atoms with E-state index in [2.05, 4.69) is 10.4 Å². The first-order chi connectivity index (χ1) is 19.1. The second-order valence-corrected chi connectivity index (χ2v) is 13.1. The number of nitrogens with one attached hydrogen (secondary N) is 2. The van der Waals surface area contributed by atoms with Crippen LogP contribution in [-0.2, 0) is 14.8 Å². The minimum Gasteiger partial charge on any atom is -0.497 e. The lowest BCUT2D eigenvalue weighted by molar-refractivity contribution is 0.0487. The molecule has 4 aromatic carbocycles. The Morgan fingerprint density at radius 2 is 1.18 bits per heavy atom. The number of carbonyl (C=O) groups is 1. The zero-order valence-electron chi connectivity index (χ0n) is 23.6. The van der Waals surface area contributed by atoms with Crippen LogP contribution in [0.15, 0.2) is 115 Å². The quantitative estimate of drug-likeness (QED) is 0.234. The second kappa shape index (κ2) is 12.1. The number of methoxy groups -OCH3 is 1. The topological polar surface area (TPSA) is 76.7 Å². The molecule has 0 aliphatic heterocycles. The van der Waals surface area contributed by atoms with Crippen molar-refractivity contribution in [2.75, 3.05) is 7.11 Å². The third-order valence-electron chi connectivity index (χ3n) is 6.73. The van der Waals surface area contributed by atoms with Crippen LogP contribution in [0.4, 0.5) is 4.79 Å². The Hall–Kier alpha value is -3.86. The van der Waals surface area contributed by atoms with E-state index >= 15 is 4.57 Å². The van der Waals surface area contributed by atoms with Crippen molar-refractivity contribution >= 4 is 24.0 Å². The predicted octanol–water partition coefficient (Wildman–Crippen LogP) is 6.37. The molecule has 2 N–H and O–H groups in total. The summed E-state index contributed by atoms with van der Waals surface area (Å²) in [5.41, 5.74) is -0.201. The summed E-state index contributed by atoms with van der Waals surface area (Å²) in [4.78, 5) is 13.1. The molecule has 1 amide bonds. The van der Waals surface area contributed by atoms with Gasteiger partial charge in [0, 0.05) is 10.6 Å². The average molecular weight is 557 g/mol. The van der Waals surface area contributed by atoms with Gasteiger partial charge in [-0.25, -0.2) is 9.88 Å². The first-order valence-electron chi connectivity index (χ1n) is 13.3. The van der Waals surface area contributed by atoms with E-state index in [0.717, 1.165) is 11.1 Å². The fourth-order valence-electron chi connectivity index (χ4n) is 4.84. The Morgan fingerprint density at radius 3 is 1.62 bits per heavy atom. The lowest BCUT2D eigenvalue weighted by Gasteiger charge is -2.44. The molecule has 4 aromatic rings. The predicted molar refractivity (Wildman–Crippen MR) is 162 cm³/mol. The first-order valence-corrected chi connectivity index (χ1v) is 15.0. The Kier molecular flexibility index (Phi) is 8.82. The minimum atomic E-state index is -3.51. The Bertz CT molecular complexity index is 1400. The van der Waals surface area contributed by atoms with E-state index in [9.17, 15) is 4.79 Å². The molecule has 40 heavy (non-hydrogen) atoms. The summed E-state index contributed by atoms with van der Waals surface area (Å²) in [5.74, 6) is 0.688. The van der Waals surface area contributed by atoms with Crippen LogP contribution in [0.3, 0.4) is 0 Å². The van der Waals surface area contributed by atoms with Crippen LogP contribution >= 0.6 is 7.29 Å². The summed E-state index contributed by atoms with van der Waals surface area (Å²) in [7, 11) is -1.89. The third kappa shape index (κ3) is 6.30. The molecule has 0 radical (unpaired) electrons. The highest BCUT2D eigenvalue weighted by Gasteiger charge is 2.47. The summed E-state index contributed by atoms with van der Waals surface area (Å²) in [6.45, 7) is 7.36. The van der Waals surface area contributed by atoms with Crippen LogP contribution in [0, 0.1) is 0 Å². The van der Waals surface area contributed by atoms with E-state index in [1.807, 2.05) is 143 Å². The van der Waals surface area contributed by atoms with Crippen molar-refractivity contribution in [3.8, 4) is 5.75 Å². The molecule has 4 rings (SSSR count). The van der Waals surface area contributed by atoms with E-state index in [1.165, 1.54) is 0 Å². The van der Waals surface area contributed by atoms with Gasteiger partial charge in [-0.3, -0.25) is 4.57 Å². The number of rotatable bonds is 9. The Morgan fingerprint density at radius 1 is 0.725 bits per heavy atom. The van der Waals surface area contributed by atoms with Gasteiger partial charge >= 0.3 is 6.09 Å². The molecule has 0 saturated carbocycles. The van der Waals surface area contributed by atoms with Gasteiger partial charge in [-0.1, -0.05) is 78.9 Å². The van der Waals surface area contributed by atoms with E-state index in [-0.39, 0.29) is 0 Å². The molecule has 0 unspecified atom stereocenters. The maximum atomic E-state index is 15.4. The largest absolute Gasteiger partial charge is 0.497 e. The van der Waals surface area contributed by atoms with Gasteiger partial charge in [0.15, 0.2) is 0 Å². The zero-order chi connectivity index (χ0) is 28.8. The SMILES string of the molecule is COc1ccc([C@@](NP(=O)(c2ccccc2)c2ccccc2)(c2ccccc2)[C@H](C)NC(=O)OC(C)(C)C)cc1. The summed E-state index contributed by atoms with van der Waals surface area (Å²) < 4.78 is 26.5. The van der Waals surface area contributed by atoms with Crippen molar-refractivity contribution in [3.63, 3.8) is 0 Å². The fraction of sp³-hybridized carbons (Fsp3) is 0.242. The number of hydrogen-bond acceptors (Lipinski definition) is 4. The highest BCUT2D eigenvalue weighted by molar-refractivity contribution is 7.77. The van der Waals surface area contributed by atoms with E-state index in [0.29, 0.717) is 16.4 Å². The summed E-state index contributed by atoms with van der Waals surface area (Å²) in [6, 6.07) is 35.6. The average Bonchev–Trinajstić information content (AvgIpc) is 2.96. The number of alkyl carbamates (subject to hydrolysis) is 1. The highest BCUT2D eigenvalue weighted by atomic mass is 31.2. The van der Waals surface area contributed by atoms with Crippen molar-refractivity contribution in [1.82, 2.24) is 10.4 Å². The zero-order valence-corrected chi connectivity index (χ0v) is 24.5. The number of hydrogen-bond donors (Lipinski definition) is 2. The van der Waals surface area contributed by atoms with Crippen LogP contribution in [0.1, 0.15) is 38.8 Å². The lowest BCUT2D eigenvalue weighted by atomic mass is 9.78. The minimum absolute atomic E-state index is 0.565. The van der Waals surface area contributed by atoms with E-state index in [1.54, 1.807) is 7.11 Å². The fourth-order valence-corrected chi connectivity index (χ4v) is 7.53. The molecule has 0 bridgehead atoms. The van der Waals surface area contributed by atoms with Crippen molar-refractivity contribution in [3.05, 3.63) is 126 Å². The molecule has 6 nitrogen and oxygen atoms in total. The van der Waals surface area contributed by atoms with Gasteiger partial charge in [-0.2, -0.15) is 0 Å². The van der Waals surface area contributed by atoms with Crippen LogP contribution in [0.25, 0.3) is 0 Å². The summed E-state index contributed by atoms with van der Waals surface area (Å²) >= 11 is 0. The van der Waals surface area contributed by atoms with Gasteiger partial charge in [0.1, 0.15) is 11.4 Å². The maximum absolute atomic E-state index is 15.4. The maximum Gasteiger partial charge on any atom is 0.407 e. The molecule has 0 saturated heterocycles. The smallest absolute Gasteiger partial charge is 0.407 e. The molecule has 0 fully saturated rings. The number of ether oxygens (including phenoxy) is 2. The van der Waals surface area contributed by atoms with Gasteiger partial charge in [0.05, 0.1) is 18.7 Å². The highest BCUT2D eigenvalue weighted by Crippen LogP contribution is 2.47. The van der Waals surface area contributed by atoms with Gasteiger partial charge in [0.25, 0.3) is 0 Å².